The van der Waals surface area contributed by atoms with Gasteiger partial charge in [0.25, 0.3) is 5.91 Å². The van der Waals surface area contributed by atoms with Gasteiger partial charge in [0.15, 0.2) is 9.84 Å². The van der Waals surface area contributed by atoms with Crippen molar-refractivity contribution >= 4 is 39.4 Å². The van der Waals surface area contributed by atoms with Crippen LogP contribution in [0.25, 0.3) is 0 Å². The summed E-state index contributed by atoms with van der Waals surface area (Å²) in [5.41, 5.74) is -1.12. The quantitative estimate of drug-likeness (QED) is 0.218. The number of fused-ring (bicyclic) bond motifs is 3. The second-order valence-corrected chi connectivity index (χ2v) is 19.5. The second kappa shape index (κ2) is 16.2. The fraction of sp³-hybridized carbons (Fsp3) is 0.811. The van der Waals surface area contributed by atoms with E-state index in [-0.39, 0.29) is 35.5 Å². The van der Waals surface area contributed by atoms with Crippen LogP contribution in [0.5, 0.6) is 0 Å². The molecule has 282 valence electrons. The molecule has 4 aliphatic rings. The van der Waals surface area contributed by atoms with E-state index in [4.69, 9.17) is 0 Å². The van der Waals surface area contributed by atoms with Crippen molar-refractivity contribution in [1.82, 2.24) is 26.2 Å². The number of urea groups is 1. The van der Waals surface area contributed by atoms with Gasteiger partial charge in [-0.1, -0.05) is 84.1 Å². The Balaban J connectivity index is 1.58. The minimum absolute atomic E-state index is 0.0805. The molecule has 2 aliphatic carbocycles. The van der Waals surface area contributed by atoms with Crippen molar-refractivity contribution in [2.75, 3.05) is 18.8 Å². The number of amides is 5. The highest BCUT2D eigenvalue weighted by molar-refractivity contribution is 7.92. The topological polar surface area (TPSA) is 171 Å². The van der Waals surface area contributed by atoms with Gasteiger partial charge in [-0.3, -0.25) is 19.2 Å². The normalized spacial score (nSPS) is 29.1. The van der Waals surface area contributed by atoms with E-state index in [2.05, 4.69) is 41.7 Å². The fourth-order valence-corrected chi connectivity index (χ4v) is 9.86. The molecule has 4 fully saturated rings. The first kappa shape index (κ1) is 39.8. The summed E-state index contributed by atoms with van der Waals surface area (Å²) >= 11 is 0. The number of Topliss-reactive ketones (excluding diaryl/α,β-unsaturated/α-hetero) is 1. The minimum Gasteiger partial charge on any atom is -0.346 e. The summed E-state index contributed by atoms with van der Waals surface area (Å²) in [5.74, 6) is -2.54. The summed E-state index contributed by atoms with van der Waals surface area (Å²) in [5, 5.41) is 11.3. The van der Waals surface area contributed by atoms with Crippen LogP contribution in [0.3, 0.4) is 0 Å². The molecule has 2 saturated heterocycles. The maximum Gasteiger partial charge on any atom is 0.315 e. The second-order valence-electron chi connectivity index (χ2n) is 16.7. The molecule has 5 amide bonds. The van der Waals surface area contributed by atoms with Gasteiger partial charge in [-0.2, -0.15) is 0 Å². The number of carbonyl (C=O) groups is 5. The van der Waals surface area contributed by atoms with Gasteiger partial charge in [0.05, 0.1) is 22.1 Å². The molecule has 5 atom stereocenters. The van der Waals surface area contributed by atoms with Gasteiger partial charge in [-0.05, 0) is 63.7 Å². The van der Waals surface area contributed by atoms with Crippen LogP contribution in [0.4, 0.5) is 4.79 Å². The predicted molar refractivity (Wildman–Crippen MR) is 193 cm³/mol. The zero-order valence-electron chi connectivity index (χ0n) is 30.9. The number of nitrogens with zero attached hydrogens (tertiary/aromatic N) is 1. The lowest BCUT2D eigenvalue weighted by molar-refractivity contribution is -0.144. The summed E-state index contributed by atoms with van der Waals surface area (Å²) in [7, 11) is -3.55. The monoisotopic (exact) mass is 719 g/mol. The average Bonchev–Trinajstić information content (AvgIpc) is 3.34. The van der Waals surface area contributed by atoms with Gasteiger partial charge in [0.1, 0.15) is 12.1 Å². The summed E-state index contributed by atoms with van der Waals surface area (Å²) in [6, 6.07) is -3.36. The molecular weight excluding hydrogens is 659 g/mol. The first-order valence-corrected chi connectivity index (χ1v) is 20.4. The Morgan fingerprint density at radius 3 is 2.12 bits per heavy atom. The molecule has 50 heavy (non-hydrogen) atoms. The van der Waals surface area contributed by atoms with Crippen molar-refractivity contribution in [3.8, 4) is 0 Å². The molecule has 0 aromatic rings. The van der Waals surface area contributed by atoms with Crippen LogP contribution >= 0.6 is 0 Å². The van der Waals surface area contributed by atoms with Gasteiger partial charge < -0.3 is 26.2 Å². The summed E-state index contributed by atoms with van der Waals surface area (Å²) < 4.78 is 25.7. The standard InChI is InChI=1S/C37H61N5O7S/c1-7-22-38-32(45)30(43)26-18-14-11-9-8-10-12-15-19-27(33(46)42-23-25-28(36(25,5)6)29(42)31(44)39-26)40-34(47)41-37(20-16-13-17-21-37)24-50(48,49)35(2,3)4/h7,25-29H,1,8-24H2,2-6H3,(H,38,45)(H,39,44)(H2,40,41,47)/t25-,26+,27+,28-,29-/m0/s1. The van der Waals surface area contributed by atoms with Crippen LogP contribution in [0.15, 0.2) is 12.7 Å². The van der Waals surface area contributed by atoms with Crippen molar-refractivity contribution in [1.29, 1.82) is 0 Å². The zero-order valence-corrected chi connectivity index (χ0v) is 31.7. The van der Waals surface area contributed by atoms with Crippen molar-refractivity contribution in [2.24, 2.45) is 17.3 Å². The minimum atomic E-state index is -3.55. The molecule has 12 nitrogen and oxygen atoms in total. The number of carbonyl (C=O) groups excluding carboxylic acids is 5. The lowest BCUT2D eigenvalue weighted by Gasteiger charge is -2.40. The van der Waals surface area contributed by atoms with Crippen LogP contribution < -0.4 is 21.3 Å². The first-order valence-electron chi connectivity index (χ1n) is 18.8. The van der Waals surface area contributed by atoms with E-state index in [1.807, 2.05) is 0 Å². The SMILES string of the molecule is C=CCNC(=O)C(=O)[C@H]1CCCCCCCCC[C@@H](NC(=O)NC2(CS(=O)(=O)C(C)(C)C)CCCCC2)C(=O)N2C[C@H]3[C@@H]([C@H]2C(=O)N1)C3(C)C. The highest BCUT2D eigenvalue weighted by atomic mass is 32.2. The first-order chi connectivity index (χ1) is 23.4. The number of sulfone groups is 1. The largest absolute Gasteiger partial charge is 0.346 e. The van der Waals surface area contributed by atoms with Gasteiger partial charge in [0.2, 0.25) is 17.6 Å². The van der Waals surface area contributed by atoms with Crippen LogP contribution in [0.2, 0.25) is 0 Å². The number of nitrogens with one attached hydrogen (secondary N) is 4. The van der Waals surface area contributed by atoms with Crippen LogP contribution in [0, 0.1) is 17.3 Å². The molecule has 0 radical (unpaired) electrons. The van der Waals surface area contributed by atoms with Crippen LogP contribution in [-0.4, -0.2) is 90.1 Å². The van der Waals surface area contributed by atoms with Gasteiger partial charge in [0, 0.05) is 13.1 Å². The Bertz CT molecular complexity index is 1400. The maximum atomic E-state index is 14.4. The number of hydrogen-bond donors (Lipinski definition) is 4. The van der Waals surface area contributed by atoms with E-state index < -0.39 is 61.9 Å². The summed E-state index contributed by atoms with van der Waals surface area (Å²) in [4.78, 5) is 69.7. The third kappa shape index (κ3) is 9.28. The Hall–Kier alpha value is -2.96. The van der Waals surface area contributed by atoms with Gasteiger partial charge >= 0.3 is 6.03 Å². The molecule has 0 spiro atoms. The highest BCUT2D eigenvalue weighted by Gasteiger charge is 2.69. The van der Waals surface area contributed by atoms with E-state index in [0.717, 1.165) is 51.4 Å². The van der Waals surface area contributed by atoms with Crippen molar-refractivity contribution in [3.05, 3.63) is 12.7 Å². The highest BCUT2D eigenvalue weighted by Crippen LogP contribution is 2.65. The van der Waals surface area contributed by atoms with E-state index in [1.165, 1.54) is 6.08 Å². The van der Waals surface area contributed by atoms with Crippen molar-refractivity contribution in [2.45, 2.75) is 153 Å². The van der Waals surface area contributed by atoms with E-state index >= 15 is 0 Å². The Morgan fingerprint density at radius 2 is 1.52 bits per heavy atom. The Labute approximate surface area is 299 Å². The molecule has 4 rings (SSSR count). The molecular formula is C37H61N5O7S. The smallest absolute Gasteiger partial charge is 0.315 e. The van der Waals surface area contributed by atoms with Crippen molar-refractivity contribution in [3.63, 3.8) is 0 Å². The lowest BCUT2D eigenvalue weighted by atomic mass is 9.83. The third-order valence-corrected chi connectivity index (χ3v) is 14.5. The Morgan fingerprint density at radius 1 is 0.940 bits per heavy atom. The van der Waals surface area contributed by atoms with Gasteiger partial charge in [-0.25, -0.2) is 13.2 Å². The molecule has 0 unspecified atom stereocenters. The molecule has 4 N–H and O–H groups in total. The molecule has 0 bridgehead atoms. The maximum absolute atomic E-state index is 14.4. The summed E-state index contributed by atoms with van der Waals surface area (Å²) in [6.45, 7) is 13.2. The van der Waals surface area contributed by atoms with Crippen LogP contribution in [-0.2, 0) is 29.0 Å². The van der Waals surface area contributed by atoms with Crippen LogP contribution in [0.1, 0.15) is 125 Å². The van der Waals surface area contributed by atoms with E-state index in [1.54, 1.807) is 25.7 Å². The average molecular weight is 720 g/mol. The Kier molecular flexibility index (Phi) is 12.9. The third-order valence-electron chi connectivity index (χ3n) is 11.7. The van der Waals surface area contributed by atoms with E-state index in [9.17, 15) is 32.4 Å². The zero-order chi connectivity index (χ0) is 36.9. The van der Waals surface area contributed by atoms with E-state index in [0.29, 0.717) is 45.1 Å². The number of rotatable bonds is 8. The predicted octanol–water partition coefficient (Wildman–Crippen LogP) is 3.93. The lowest BCUT2D eigenvalue weighted by Crippen LogP contribution is -2.62. The summed E-state index contributed by atoms with van der Waals surface area (Å²) in [6.07, 6.45) is 11.8. The molecule has 2 aliphatic heterocycles. The van der Waals surface area contributed by atoms with Gasteiger partial charge in [-0.15, -0.1) is 6.58 Å². The fourth-order valence-electron chi connectivity index (χ4n) is 8.34. The number of ketones is 1. The molecule has 0 aromatic carbocycles. The number of hydrogen-bond acceptors (Lipinski definition) is 7. The number of piperidine rings is 1. The van der Waals surface area contributed by atoms with Crippen molar-refractivity contribution < 1.29 is 32.4 Å². The molecule has 2 saturated carbocycles. The molecule has 13 heteroatoms. The molecule has 0 aromatic heterocycles. The molecule has 2 heterocycles.